The number of nitro benzene ring substituents is 1. The lowest BCUT2D eigenvalue weighted by Crippen LogP contribution is -2.10. The van der Waals surface area contributed by atoms with Crippen molar-refractivity contribution in [2.45, 2.75) is 45.6 Å². The Morgan fingerprint density at radius 3 is 2.40 bits per heavy atom. The minimum absolute atomic E-state index is 0.0703. The Bertz CT molecular complexity index is 1070. The van der Waals surface area contributed by atoms with Gasteiger partial charge in [-0.05, 0) is 82.6 Å². The number of benzene rings is 2. The number of rotatable bonds is 9. The number of carboxylic acid groups (broad SMARTS) is 1. The van der Waals surface area contributed by atoms with Crippen molar-refractivity contribution >= 4 is 60.2 Å². The molecule has 0 bridgehead atoms. The largest absolute Gasteiger partial charge is 0.514 e. The highest BCUT2D eigenvalue weighted by atomic mass is 127. The van der Waals surface area contributed by atoms with Crippen molar-refractivity contribution in [1.29, 1.82) is 0 Å². The van der Waals surface area contributed by atoms with Crippen molar-refractivity contribution < 1.29 is 38.6 Å². The number of halogens is 1. The predicted octanol–water partition coefficient (Wildman–Crippen LogP) is 7.79. The van der Waals surface area contributed by atoms with E-state index in [1.54, 1.807) is 21.1 Å². The Morgan fingerprint density at radius 1 is 1.12 bits per heavy atom. The Labute approximate surface area is 249 Å². The van der Waals surface area contributed by atoms with Crippen LogP contribution in [0.5, 0.6) is 5.75 Å². The SMILES string of the molecule is CC1CC/C=C/CCC1.O=C(O)Nc1ccc(COC(=O)Oc2ccc([N+](=O)[O-])cc2)cc1.O=COCCSI. The van der Waals surface area contributed by atoms with E-state index in [4.69, 9.17) is 14.6 Å². The molecular formula is C27H33IN2O9S. The molecule has 0 radical (unpaired) electrons. The van der Waals surface area contributed by atoms with E-state index in [0.717, 1.165) is 11.7 Å². The van der Waals surface area contributed by atoms with Crippen LogP contribution in [-0.2, 0) is 20.9 Å². The number of carbonyl (C=O) groups is 3. The van der Waals surface area contributed by atoms with Crippen molar-refractivity contribution in [1.82, 2.24) is 0 Å². The summed E-state index contributed by atoms with van der Waals surface area (Å²) in [7, 11) is 1.63. The van der Waals surface area contributed by atoms with E-state index in [1.807, 2.05) is 0 Å². The van der Waals surface area contributed by atoms with E-state index in [0.29, 0.717) is 24.3 Å². The van der Waals surface area contributed by atoms with E-state index in [9.17, 15) is 24.5 Å². The van der Waals surface area contributed by atoms with Crippen molar-refractivity contribution in [3.8, 4) is 5.75 Å². The highest BCUT2D eigenvalue weighted by molar-refractivity contribution is 14.2. The van der Waals surface area contributed by atoms with Gasteiger partial charge in [-0.1, -0.05) is 46.6 Å². The molecule has 1 unspecified atom stereocenters. The fourth-order valence-electron chi connectivity index (χ4n) is 3.18. The van der Waals surface area contributed by atoms with Crippen molar-refractivity contribution in [2.75, 3.05) is 17.7 Å². The summed E-state index contributed by atoms with van der Waals surface area (Å²) in [4.78, 5) is 41.4. The first-order chi connectivity index (χ1) is 19.2. The van der Waals surface area contributed by atoms with Gasteiger partial charge < -0.3 is 19.3 Å². The average molecular weight is 689 g/mol. The number of nitrogens with zero attached hydrogens (tertiary/aromatic N) is 1. The van der Waals surface area contributed by atoms with Gasteiger partial charge in [-0.3, -0.25) is 20.2 Å². The Morgan fingerprint density at radius 2 is 1.80 bits per heavy atom. The van der Waals surface area contributed by atoms with Crippen LogP contribution >= 0.6 is 30.1 Å². The summed E-state index contributed by atoms with van der Waals surface area (Å²) in [6, 6.07) is 11.2. The molecule has 2 aromatic carbocycles. The van der Waals surface area contributed by atoms with Gasteiger partial charge in [-0.15, -0.1) is 0 Å². The molecule has 13 heteroatoms. The number of allylic oxidation sites excluding steroid dienone is 2. The van der Waals surface area contributed by atoms with Gasteiger partial charge in [0.05, 0.1) is 4.92 Å². The molecule has 0 aliphatic heterocycles. The second-order valence-corrected chi connectivity index (χ2v) is 10.9. The maximum Gasteiger partial charge on any atom is 0.514 e. The van der Waals surface area contributed by atoms with Gasteiger partial charge in [0, 0.05) is 23.6 Å². The van der Waals surface area contributed by atoms with Gasteiger partial charge in [0.15, 0.2) is 0 Å². The molecule has 0 fully saturated rings. The molecule has 1 amide bonds. The molecule has 0 spiro atoms. The first-order valence-electron chi connectivity index (χ1n) is 12.4. The summed E-state index contributed by atoms with van der Waals surface area (Å²) < 4.78 is 14.1. The summed E-state index contributed by atoms with van der Waals surface area (Å²) in [5.74, 6) is 1.96. The minimum Gasteiger partial charge on any atom is -0.467 e. The summed E-state index contributed by atoms with van der Waals surface area (Å²) in [5, 5.41) is 21.3. The topological polar surface area (TPSA) is 154 Å². The summed E-state index contributed by atoms with van der Waals surface area (Å²) >= 11 is 2.15. The number of nitro groups is 1. The lowest BCUT2D eigenvalue weighted by atomic mass is 9.96. The molecule has 11 nitrogen and oxygen atoms in total. The van der Waals surface area contributed by atoms with Crippen molar-refractivity contribution in [2.24, 2.45) is 5.92 Å². The third-order valence-corrected chi connectivity index (χ3v) is 6.86. The highest BCUT2D eigenvalue weighted by Gasteiger charge is 2.09. The first kappa shape index (κ1) is 34.7. The third kappa shape index (κ3) is 17.3. The lowest BCUT2D eigenvalue weighted by Gasteiger charge is -2.10. The minimum atomic E-state index is -1.18. The molecule has 1 aliphatic carbocycles. The van der Waals surface area contributed by atoms with Gasteiger partial charge in [-0.25, -0.2) is 9.59 Å². The fourth-order valence-corrected chi connectivity index (χ4v) is 3.88. The third-order valence-electron chi connectivity index (χ3n) is 5.22. The summed E-state index contributed by atoms with van der Waals surface area (Å²) in [5.41, 5.74) is 0.900. The van der Waals surface area contributed by atoms with Crippen molar-refractivity contribution in [3.05, 3.63) is 76.4 Å². The number of ether oxygens (including phenoxy) is 3. The molecule has 0 heterocycles. The van der Waals surface area contributed by atoms with Gasteiger partial charge >= 0.3 is 12.2 Å². The van der Waals surface area contributed by atoms with Crippen LogP contribution in [0.25, 0.3) is 0 Å². The van der Waals surface area contributed by atoms with Gasteiger partial charge in [0.25, 0.3) is 12.2 Å². The van der Waals surface area contributed by atoms with E-state index in [1.165, 1.54) is 68.5 Å². The quantitative estimate of drug-likeness (QED) is 0.0390. The molecule has 0 saturated heterocycles. The second kappa shape index (κ2) is 21.5. The number of nitrogens with one attached hydrogen (secondary N) is 1. The van der Waals surface area contributed by atoms with E-state index in [-0.39, 0.29) is 18.0 Å². The van der Waals surface area contributed by atoms with Crippen molar-refractivity contribution in [3.63, 3.8) is 0 Å². The molecule has 1 atom stereocenters. The number of carbonyl (C=O) groups excluding carboxylic acids is 2. The number of anilines is 1. The molecule has 3 rings (SSSR count). The highest BCUT2D eigenvalue weighted by Crippen LogP contribution is 2.19. The number of hydrogen-bond acceptors (Lipinski definition) is 9. The fraction of sp³-hybridized carbons (Fsp3) is 0.370. The van der Waals surface area contributed by atoms with E-state index < -0.39 is 17.2 Å². The van der Waals surface area contributed by atoms with Crippen LogP contribution in [-0.4, -0.2) is 41.1 Å². The molecular weight excluding hydrogens is 655 g/mol. The standard InChI is InChI=1S/C15H12N2O7.C9H16.C3H5IO2S/c18-14(19)16-11-3-1-10(2-4-11)9-23-15(20)24-13-7-5-12(6-8-13)17(21)22;1-9-7-5-3-2-4-6-8-9;4-7-2-1-6-3-5/h1-8,16H,9H2,(H,18,19);2-3,9H,4-8H2,1H3;3H,1-2H2/b;3-2+;. The average Bonchev–Trinajstić information content (AvgIpc) is 2.91. The Kier molecular flexibility index (Phi) is 18.6. The van der Waals surface area contributed by atoms with E-state index in [2.05, 4.69) is 50.3 Å². The Balaban J connectivity index is 0.000000407. The molecule has 0 aromatic heterocycles. The summed E-state index contributed by atoms with van der Waals surface area (Å²) in [6.45, 7) is 3.28. The maximum absolute atomic E-state index is 11.5. The lowest BCUT2D eigenvalue weighted by molar-refractivity contribution is -0.384. The monoisotopic (exact) mass is 688 g/mol. The van der Waals surface area contributed by atoms with Crippen LogP contribution < -0.4 is 10.1 Å². The van der Waals surface area contributed by atoms with Gasteiger partial charge in [-0.2, -0.15) is 0 Å². The zero-order valence-electron chi connectivity index (χ0n) is 22.0. The number of hydrogen-bond donors (Lipinski definition) is 2. The second-order valence-electron chi connectivity index (χ2n) is 8.38. The molecule has 1 aliphatic rings. The number of non-ortho nitro benzene ring substituents is 1. The maximum atomic E-state index is 11.5. The number of amides is 1. The van der Waals surface area contributed by atoms with Crippen LogP contribution in [0.3, 0.4) is 0 Å². The van der Waals surface area contributed by atoms with Gasteiger partial charge in [0.1, 0.15) is 19.0 Å². The van der Waals surface area contributed by atoms with E-state index >= 15 is 0 Å². The molecule has 0 saturated carbocycles. The van der Waals surface area contributed by atoms with Crippen LogP contribution in [0, 0.1) is 16.0 Å². The molecule has 40 heavy (non-hydrogen) atoms. The predicted molar refractivity (Wildman–Crippen MR) is 162 cm³/mol. The molecule has 2 aromatic rings. The Hall–Kier alpha value is -3.33. The van der Waals surface area contributed by atoms with Crippen LogP contribution in [0.15, 0.2) is 60.7 Å². The van der Waals surface area contributed by atoms with Crippen LogP contribution in [0.2, 0.25) is 0 Å². The molecule has 218 valence electrons. The normalized spacial score (nSPS) is 14.7. The first-order valence-corrected chi connectivity index (χ1v) is 15.9. The summed E-state index contributed by atoms with van der Waals surface area (Å²) in [6.07, 6.45) is 9.37. The zero-order valence-corrected chi connectivity index (χ0v) is 25.0. The molecule has 2 N–H and O–H groups in total. The van der Waals surface area contributed by atoms with Gasteiger partial charge in [0.2, 0.25) is 0 Å². The zero-order chi connectivity index (χ0) is 29.6. The van der Waals surface area contributed by atoms with Crippen LogP contribution in [0.4, 0.5) is 21.0 Å². The smallest absolute Gasteiger partial charge is 0.467 e. The van der Waals surface area contributed by atoms with Crippen LogP contribution in [0.1, 0.15) is 44.6 Å².